The van der Waals surface area contributed by atoms with Crippen LogP contribution < -0.4 is 5.32 Å². The van der Waals surface area contributed by atoms with Gasteiger partial charge in [0.25, 0.3) is 5.91 Å². The van der Waals surface area contributed by atoms with Crippen LogP contribution in [0.25, 0.3) is 11.5 Å². The fourth-order valence-electron chi connectivity index (χ4n) is 3.37. The molecule has 1 saturated heterocycles. The summed E-state index contributed by atoms with van der Waals surface area (Å²) < 4.78 is 5.70. The molecule has 2 aromatic rings. The number of amides is 1. The molecule has 1 aliphatic rings. The Hall–Kier alpha value is -2.14. The predicted molar refractivity (Wildman–Crippen MR) is 103 cm³/mol. The van der Waals surface area contributed by atoms with Crippen LogP contribution in [0.3, 0.4) is 0 Å². The van der Waals surface area contributed by atoms with Gasteiger partial charge in [0.2, 0.25) is 5.89 Å². The maximum atomic E-state index is 12.4. The van der Waals surface area contributed by atoms with Gasteiger partial charge >= 0.3 is 0 Å². The standard InChI is InChI=1S/C21H29N3O2/c1-16-8-10-18(11-9-16)21-23-19(17(2)26-21)20(25)22-12-7-15-24-13-5-3-4-6-14-24/h8-11H,3-7,12-15H2,1-2H3,(H,22,25). The molecule has 1 aromatic carbocycles. The molecule has 5 nitrogen and oxygen atoms in total. The second kappa shape index (κ2) is 8.99. The molecule has 0 unspecified atom stereocenters. The summed E-state index contributed by atoms with van der Waals surface area (Å²) >= 11 is 0. The normalized spacial score (nSPS) is 15.6. The van der Waals surface area contributed by atoms with Crippen molar-refractivity contribution in [3.8, 4) is 11.5 Å². The number of nitrogens with zero attached hydrogens (tertiary/aromatic N) is 2. The molecule has 5 heteroatoms. The van der Waals surface area contributed by atoms with E-state index in [-0.39, 0.29) is 5.91 Å². The lowest BCUT2D eigenvalue weighted by molar-refractivity contribution is 0.0946. The molecule has 1 aromatic heterocycles. The number of oxazole rings is 1. The van der Waals surface area contributed by atoms with Crippen LogP contribution in [0.4, 0.5) is 0 Å². The SMILES string of the molecule is Cc1ccc(-c2nc(C(=O)NCCCN3CCCCCC3)c(C)o2)cc1. The van der Waals surface area contributed by atoms with Crippen LogP contribution in [0, 0.1) is 13.8 Å². The first-order chi connectivity index (χ1) is 12.6. The molecule has 1 aliphatic heterocycles. The van der Waals surface area contributed by atoms with Crippen molar-refractivity contribution in [1.29, 1.82) is 0 Å². The molecule has 0 saturated carbocycles. The average Bonchev–Trinajstić information content (AvgIpc) is 2.85. The number of hydrogen-bond acceptors (Lipinski definition) is 4. The predicted octanol–water partition coefficient (Wildman–Crippen LogP) is 3.95. The van der Waals surface area contributed by atoms with E-state index >= 15 is 0 Å². The van der Waals surface area contributed by atoms with Crippen LogP contribution >= 0.6 is 0 Å². The van der Waals surface area contributed by atoms with Crippen LogP contribution in [0.5, 0.6) is 0 Å². The quantitative estimate of drug-likeness (QED) is 0.797. The van der Waals surface area contributed by atoms with Crippen molar-refractivity contribution in [2.45, 2.75) is 46.0 Å². The summed E-state index contributed by atoms with van der Waals surface area (Å²) in [4.78, 5) is 19.3. The second-order valence-corrected chi connectivity index (χ2v) is 7.16. The summed E-state index contributed by atoms with van der Waals surface area (Å²) in [5.74, 6) is 0.906. The summed E-state index contributed by atoms with van der Waals surface area (Å²) in [7, 11) is 0. The lowest BCUT2D eigenvalue weighted by atomic mass is 10.1. The van der Waals surface area contributed by atoms with Gasteiger partial charge in [-0.15, -0.1) is 0 Å². The number of hydrogen-bond donors (Lipinski definition) is 1. The summed E-state index contributed by atoms with van der Waals surface area (Å²) in [5.41, 5.74) is 2.45. The largest absolute Gasteiger partial charge is 0.441 e. The van der Waals surface area contributed by atoms with E-state index in [4.69, 9.17) is 4.42 Å². The van der Waals surface area contributed by atoms with E-state index in [1.165, 1.54) is 44.3 Å². The van der Waals surface area contributed by atoms with Gasteiger partial charge in [0.05, 0.1) is 0 Å². The molecule has 0 radical (unpaired) electrons. The van der Waals surface area contributed by atoms with E-state index in [1.807, 2.05) is 31.2 Å². The number of benzene rings is 1. The molecule has 0 bridgehead atoms. The Labute approximate surface area is 155 Å². The Morgan fingerprint density at radius 1 is 1.12 bits per heavy atom. The first-order valence-corrected chi connectivity index (χ1v) is 9.68. The van der Waals surface area contributed by atoms with Gasteiger partial charge in [-0.1, -0.05) is 30.5 Å². The number of carbonyl (C=O) groups is 1. The van der Waals surface area contributed by atoms with Crippen molar-refractivity contribution in [3.05, 3.63) is 41.3 Å². The number of rotatable bonds is 6. The van der Waals surface area contributed by atoms with Gasteiger partial charge in [0, 0.05) is 12.1 Å². The third kappa shape index (κ3) is 4.94. The van der Waals surface area contributed by atoms with Crippen molar-refractivity contribution in [2.24, 2.45) is 0 Å². The maximum Gasteiger partial charge on any atom is 0.273 e. The highest BCUT2D eigenvalue weighted by Crippen LogP contribution is 2.22. The lowest BCUT2D eigenvalue weighted by Crippen LogP contribution is -2.31. The average molecular weight is 355 g/mol. The highest BCUT2D eigenvalue weighted by Gasteiger charge is 2.18. The lowest BCUT2D eigenvalue weighted by Gasteiger charge is -2.19. The topological polar surface area (TPSA) is 58.4 Å². The Kier molecular flexibility index (Phi) is 6.45. The Bertz CT molecular complexity index is 713. The van der Waals surface area contributed by atoms with Crippen LogP contribution in [-0.4, -0.2) is 42.0 Å². The Balaban J connectivity index is 1.50. The number of likely N-dealkylation sites (tertiary alicyclic amines) is 1. The van der Waals surface area contributed by atoms with Crippen molar-refractivity contribution in [2.75, 3.05) is 26.2 Å². The Morgan fingerprint density at radius 3 is 2.50 bits per heavy atom. The molecule has 140 valence electrons. The van der Waals surface area contributed by atoms with Gasteiger partial charge in [-0.05, 0) is 64.9 Å². The van der Waals surface area contributed by atoms with Crippen molar-refractivity contribution in [3.63, 3.8) is 0 Å². The van der Waals surface area contributed by atoms with E-state index in [9.17, 15) is 4.79 Å². The molecule has 1 fully saturated rings. The highest BCUT2D eigenvalue weighted by atomic mass is 16.4. The smallest absolute Gasteiger partial charge is 0.273 e. The molecule has 0 spiro atoms. The Morgan fingerprint density at radius 2 is 1.81 bits per heavy atom. The first kappa shape index (κ1) is 18.6. The van der Waals surface area contributed by atoms with Gasteiger partial charge in [0.1, 0.15) is 5.76 Å². The van der Waals surface area contributed by atoms with Crippen LogP contribution in [0.15, 0.2) is 28.7 Å². The number of aryl methyl sites for hydroxylation is 2. The summed E-state index contributed by atoms with van der Waals surface area (Å²) in [5, 5.41) is 2.98. The minimum atomic E-state index is -0.152. The minimum absolute atomic E-state index is 0.152. The number of nitrogens with one attached hydrogen (secondary N) is 1. The van der Waals surface area contributed by atoms with Crippen LogP contribution in [0.1, 0.15) is 53.9 Å². The van der Waals surface area contributed by atoms with Gasteiger partial charge in [-0.25, -0.2) is 4.98 Å². The molecule has 0 atom stereocenters. The van der Waals surface area contributed by atoms with Crippen LogP contribution in [0.2, 0.25) is 0 Å². The zero-order valence-corrected chi connectivity index (χ0v) is 15.9. The van der Waals surface area contributed by atoms with Gasteiger partial charge < -0.3 is 14.6 Å². The van der Waals surface area contributed by atoms with E-state index in [2.05, 4.69) is 15.2 Å². The third-order valence-electron chi connectivity index (χ3n) is 4.95. The molecular weight excluding hydrogens is 326 g/mol. The van der Waals surface area contributed by atoms with E-state index < -0.39 is 0 Å². The molecule has 3 rings (SSSR count). The van der Waals surface area contributed by atoms with E-state index in [0.717, 1.165) is 18.5 Å². The minimum Gasteiger partial charge on any atom is -0.441 e. The maximum absolute atomic E-state index is 12.4. The zero-order valence-electron chi connectivity index (χ0n) is 15.9. The monoisotopic (exact) mass is 355 g/mol. The summed E-state index contributed by atoms with van der Waals surface area (Å²) in [6.07, 6.45) is 6.26. The number of aromatic nitrogens is 1. The molecule has 26 heavy (non-hydrogen) atoms. The molecule has 0 aliphatic carbocycles. The second-order valence-electron chi connectivity index (χ2n) is 7.16. The third-order valence-corrected chi connectivity index (χ3v) is 4.95. The van der Waals surface area contributed by atoms with Gasteiger partial charge in [-0.3, -0.25) is 4.79 Å². The van der Waals surface area contributed by atoms with Gasteiger partial charge in [0.15, 0.2) is 5.69 Å². The zero-order chi connectivity index (χ0) is 18.4. The molecule has 2 heterocycles. The van der Waals surface area contributed by atoms with Gasteiger partial charge in [-0.2, -0.15) is 0 Å². The van der Waals surface area contributed by atoms with E-state index in [1.54, 1.807) is 6.92 Å². The molecule has 1 amide bonds. The molecule has 1 N–H and O–H groups in total. The summed E-state index contributed by atoms with van der Waals surface area (Å²) in [6, 6.07) is 7.95. The van der Waals surface area contributed by atoms with Crippen LogP contribution in [-0.2, 0) is 0 Å². The fraction of sp³-hybridized carbons (Fsp3) is 0.524. The molecular formula is C21H29N3O2. The van der Waals surface area contributed by atoms with E-state index in [0.29, 0.717) is 23.9 Å². The fourth-order valence-corrected chi connectivity index (χ4v) is 3.37. The highest BCUT2D eigenvalue weighted by molar-refractivity contribution is 5.93. The number of carbonyl (C=O) groups excluding carboxylic acids is 1. The van der Waals surface area contributed by atoms with Crippen molar-refractivity contribution in [1.82, 2.24) is 15.2 Å². The van der Waals surface area contributed by atoms with Crippen molar-refractivity contribution >= 4 is 5.91 Å². The van der Waals surface area contributed by atoms with Crippen molar-refractivity contribution < 1.29 is 9.21 Å². The summed E-state index contributed by atoms with van der Waals surface area (Å²) in [6.45, 7) is 7.92. The first-order valence-electron chi connectivity index (χ1n) is 9.68.